The van der Waals surface area contributed by atoms with Gasteiger partial charge in [0.05, 0.1) is 12.1 Å². The molecule has 2 nitrogen and oxygen atoms in total. The molecule has 72 valence electrons. The van der Waals surface area contributed by atoms with Crippen LogP contribution in [0.2, 0.25) is 0 Å². The van der Waals surface area contributed by atoms with E-state index in [0.717, 1.165) is 4.47 Å². The third-order valence-electron chi connectivity index (χ3n) is 1.56. The first-order valence-electron chi connectivity index (χ1n) is 3.85. The second kappa shape index (κ2) is 5.08. The van der Waals surface area contributed by atoms with Crippen LogP contribution in [0.4, 0.5) is 0 Å². The molecule has 4 heteroatoms. The van der Waals surface area contributed by atoms with Gasteiger partial charge in [-0.25, -0.2) is 0 Å². The van der Waals surface area contributed by atoms with Crippen molar-refractivity contribution in [1.29, 1.82) is 0 Å². The van der Waals surface area contributed by atoms with Gasteiger partial charge in [-0.15, -0.1) is 19.1 Å². The quantitative estimate of drug-likeness (QED) is 0.625. The minimum absolute atomic E-state index is 0.208. The maximum Gasteiger partial charge on any atom is 0.253 e. The van der Waals surface area contributed by atoms with E-state index in [1.54, 1.807) is 18.2 Å². The molecule has 1 N–H and O–H groups in total. The van der Waals surface area contributed by atoms with Gasteiger partial charge in [0, 0.05) is 9.37 Å². The predicted octanol–water partition coefficient (Wildman–Crippen LogP) is 2.10. The Hall–Kier alpha value is -0.920. The summed E-state index contributed by atoms with van der Waals surface area (Å²) in [6, 6.07) is 5.23. The third kappa shape index (κ3) is 2.79. The van der Waals surface area contributed by atoms with E-state index < -0.39 is 0 Å². The van der Waals surface area contributed by atoms with Gasteiger partial charge in [-0.2, -0.15) is 0 Å². The summed E-state index contributed by atoms with van der Waals surface area (Å²) in [7, 11) is 0. The molecule has 1 aromatic carbocycles. The zero-order valence-electron chi connectivity index (χ0n) is 7.25. The molecule has 0 aliphatic carbocycles. The highest BCUT2D eigenvalue weighted by Gasteiger charge is 2.07. The van der Waals surface area contributed by atoms with Crippen LogP contribution in [0.5, 0.6) is 0 Å². The van der Waals surface area contributed by atoms with Crippen molar-refractivity contribution in [2.75, 3.05) is 6.54 Å². The Labute approximate surface area is 96.6 Å². The lowest BCUT2D eigenvalue weighted by Crippen LogP contribution is -2.23. The highest BCUT2D eigenvalue weighted by atomic mass is 79.9. The summed E-state index contributed by atoms with van der Waals surface area (Å²) in [5, 5.41) is 2.57. The van der Waals surface area contributed by atoms with Crippen molar-refractivity contribution >= 4 is 34.5 Å². The zero-order chi connectivity index (χ0) is 10.6. The van der Waals surface area contributed by atoms with Crippen LogP contribution in [-0.2, 0) is 0 Å². The molecule has 1 rings (SSSR count). The van der Waals surface area contributed by atoms with E-state index in [1.807, 2.05) is 0 Å². The molecule has 0 aromatic heterocycles. The molecular weight excluding hydrogens is 262 g/mol. The van der Waals surface area contributed by atoms with Crippen molar-refractivity contribution in [3.05, 3.63) is 28.2 Å². The Kier molecular flexibility index (Phi) is 4.05. The summed E-state index contributed by atoms with van der Waals surface area (Å²) in [4.78, 5) is 12.1. The Bertz CT molecular complexity index is 398. The Morgan fingerprint density at radius 1 is 1.64 bits per heavy atom. The van der Waals surface area contributed by atoms with Gasteiger partial charge in [0.15, 0.2) is 0 Å². The maximum atomic E-state index is 11.5. The number of amides is 1. The highest BCUT2D eigenvalue weighted by Crippen LogP contribution is 2.19. The van der Waals surface area contributed by atoms with Crippen molar-refractivity contribution in [2.24, 2.45) is 0 Å². The van der Waals surface area contributed by atoms with Crippen molar-refractivity contribution in [2.45, 2.75) is 4.90 Å². The van der Waals surface area contributed by atoms with Gasteiger partial charge >= 0.3 is 0 Å². The van der Waals surface area contributed by atoms with Gasteiger partial charge < -0.3 is 5.32 Å². The average Bonchev–Trinajstić information content (AvgIpc) is 2.14. The van der Waals surface area contributed by atoms with Crippen molar-refractivity contribution in [3.63, 3.8) is 0 Å². The first kappa shape index (κ1) is 11.2. The largest absolute Gasteiger partial charge is 0.341 e. The minimum Gasteiger partial charge on any atom is -0.341 e. The Morgan fingerprint density at radius 3 is 2.93 bits per heavy atom. The van der Waals surface area contributed by atoms with Crippen LogP contribution in [0, 0.1) is 12.3 Å². The molecule has 0 spiro atoms. The first-order chi connectivity index (χ1) is 6.65. The number of carbonyl (C=O) groups excluding carboxylic acids is 1. The number of halogens is 1. The fourth-order valence-electron chi connectivity index (χ4n) is 0.923. The summed E-state index contributed by atoms with van der Waals surface area (Å²) in [6.07, 6.45) is 5.03. The van der Waals surface area contributed by atoms with Gasteiger partial charge in [-0.05, 0) is 18.2 Å². The molecule has 0 aliphatic rings. The fraction of sp³-hybridized carbons (Fsp3) is 0.100. The molecule has 0 atom stereocenters. The molecule has 0 bridgehead atoms. The summed E-state index contributed by atoms with van der Waals surface area (Å²) in [6.45, 7) is 0.224. The number of rotatable bonds is 2. The number of benzene rings is 1. The standard InChI is InChI=1S/C10H8BrNOS/c1-2-5-12-10(13)8-4-3-7(11)6-9(8)14/h1,3-4,6,14H,5H2,(H,12,13). The lowest BCUT2D eigenvalue weighted by Gasteiger charge is -2.04. The van der Waals surface area contributed by atoms with Crippen LogP contribution in [0.1, 0.15) is 10.4 Å². The zero-order valence-corrected chi connectivity index (χ0v) is 9.73. The SMILES string of the molecule is C#CCNC(=O)c1ccc(Br)cc1S. The first-order valence-corrected chi connectivity index (χ1v) is 5.09. The van der Waals surface area contributed by atoms with E-state index in [-0.39, 0.29) is 12.5 Å². The summed E-state index contributed by atoms with van der Waals surface area (Å²) in [5.74, 6) is 2.13. The lowest BCUT2D eigenvalue weighted by atomic mass is 10.2. The molecule has 0 saturated carbocycles. The normalized spacial score (nSPS) is 9.21. The number of carbonyl (C=O) groups is 1. The molecule has 14 heavy (non-hydrogen) atoms. The smallest absolute Gasteiger partial charge is 0.253 e. The molecule has 1 amide bonds. The van der Waals surface area contributed by atoms with Crippen molar-refractivity contribution in [3.8, 4) is 12.3 Å². The second-order valence-electron chi connectivity index (χ2n) is 2.55. The number of thiol groups is 1. The van der Waals surface area contributed by atoms with E-state index in [4.69, 9.17) is 6.42 Å². The van der Waals surface area contributed by atoms with Gasteiger partial charge in [-0.3, -0.25) is 4.79 Å². The topological polar surface area (TPSA) is 29.1 Å². The van der Waals surface area contributed by atoms with E-state index in [2.05, 4.69) is 39.8 Å². The van der Waals surface area contributed by atoms with Crippen LogP contribution >= 0.6 is 28.6 Å². The summed E-state index contributed by atoms with van der Waals surface area (Å²) in [5.41, 5.74) is 0.520. The van der Waals surface area contributed by atoms with Gasteiger partial charge in [0.1, 0.15) is 0 Å². The lowest BCUT2D eigenvalue weighted by molar-refractivity contribution is 0.0956. The van der Waals surface area contributed by atoms with Crippen molar-refractivity contribution < 1.29 is 4.79 Å². The Morgan fingerprint density at radius 2 is 2.36 bits per heavy atom. The van der Waals surface area contributed by atoms with E-state index in [9.17, 15) is 4.79 Å². The monoisotopic (exact) mass is 269 g/mol. The number of hydrogen-bond donors (Lipinski definition) is 2. The van der Waals surface area contributed by atoms with Gasteiger partial charge in [0.25, 0.3) is 5.91 Å². The molecule has 0 heterocycles. The number of hydrogen-bond acceptors (Lipinski definition) is 2. The predicted molar refractivity (Wildman–Crippen MR) is 62.6 cm³/mol. The third-order valence-corrected chi connectivity index (χ3v) is 2.42. The summed E-state index contributed by atoms with van der Waals surface area (Å²) >= 11 is 7.47. The molecular formula is C10H8BrNOS. The molecule has 1 aromatic rings. The van der Waals surface area contributed by atoms with Crippen LogP contribution in [0.25, 0.3) is 0 Å². The van der Waals surface area contributed by atoms with Gasteiger partial charge in [-0.1, -0.05) is 21.9 Å². The highest BCUT2D eigenvalue weighted by molar-refractivity contribution is 9.10. The molecule has 0 aliphatic heterocycles. The van der Waals surface area contributed by atoms with Crippen LogP contribution in [-0.4, -0.2) is 12.5 Å². The second-order valence-corrected chi connectivity index (χ2v) is 3.95. The van der Waals surface area contributed by atoms with Crippen LogP contribution in [0.3, 0.4) is 0 Å². The minimum atomic E-state index is -0.208. The molecule has 0 unspecified atom stereocenters. The molecule has 0 saturated heterocycles. The average molecular weight is 270 g/mol. The van der Waals surface area contributed by atoms with E-state index >= 15 is 0 Å². The van der Waals surface area contributed by atoms with E-state index in [0.29, 0.717) is 10.5 Å². The number of nitrogens with one attached hydrogen (secondary N) is 1. The Balaban J connectivity index is 2.86. The summed E-state index contributed by atoms with van der Waals surface area (Å²) < 4.78 is 0.885. The van der Waals surface area contributed by atoms with Gasteiger partial charge in [0.2, 0.25) is 0 Å². The maximum absolute atomic E-state index is 11.5. The molecule has 0 radical (unpaired) electrons. The fourth-order valence-corrected chi connectivity index (χ4v) is 1.78. The number of terminal acetylenes is 1. The van der Waals surface area contributed by atoms with Crippen LogP contribution < -0.4 is 5.32 Å². The molecule has 0 fully saturated rings. The van der Waals surface area contributed by atoms with Crippen LogP contribution in [0.15, 0.2) is 27.6 Å². The van der Waals surface area contributed by atoms with E-state index in [1.165, 1.54) is 0 Å². The van der Waals surface area contributed by atoms with Crippen molar-refractivity contribution in [1.82, 2.24) is 5.32 Å².